The molecule has 1 unspecified atom stereocenters. The summed E-state index contributed by atoms with van der Waals surface area (Å²) in [5, 5.41) is 0. The average molecular weight is 295 g/mol. The highest BCUT2D eigenvalue weighted by molar-refractivity contribution is 5.89. The molecular formula is C16H25NO4. The summed E-state index contributed by atoms with van der Waals surface area (Å²) in [5.41, 5.74) is -1.78. The summed E-state index contributed by atoms with van der Waals surface area (Å²) in [5.74, 6) is -0.461. The largest absolute Gasteiger partial charge is 0.461 e. The van der Waals surface area contributed by atoms with E-state index in [1.807, 2.05) is 0 Å². The molecule has 5 heteroatoms. The number of ether oxygens (including phenoxy) is 2. The maximum atomic E-state index is 12.5. The van der Waals surface area contributed by atoms with E-state index in [1.54, 1.807) is 52.8 Å². The number of nitrogens with zero attached hydrogens (tertiary/aromatic N) is 1. The highest BCUT2D eigenvalue weighted by Crippen LogP contribution is 2.31. The molecule has 0 saturated carbocycles. The van der Waals surface area contributed by atoms with Crippen molar-refractivity contribution in [1.82, 2.24) is 4.90 Å². The second-order valence-electron chi connectivity index (χ2n) is 6.36. The zero-order valence-electron chi connectivity index (χ0n) is 13.5. The third-order valence-corrected chi connectivity index (χ3v) is 2.93. The van der Waals surface area contributed by atoms with Crippen LogP contribution in [0.2, 0.25) is 0 Å². The highest BCUT2D eigenvalue weighted by atomic mass is 16.6. The topological polar surface area (TPSA) is 55.8 Å². The molecular weight excluding hydrogens is 270 g/mol. The fraction of sp³-hybridized carbons (Fsp3) is 0.625. The first-order chi connectivity index (χ1) is 9.62. The Balaban J connectivity index is 3.05. The van der Waals surface area contributed by atoms with E-state index in [0.29, 0.717) is 6.54 Å². The lowest BCUT2D eigenvalue weighted by atomic mass is 9.95. The van der Waals surface area contributed by atoms with Gasteiger partial charge in [-0.3, -0.25) is 4.90 Å². The lowest BCUT2D eigenvalue weighted by Gasteiger charge is -2.36. The van der Waals surface area contributed by atoms with E-state index in [4.69, 9.17) is 9.47 Å². The first-order valence-corrected chi connectivity index (χ1v) is 7.12. The van der Waals surface area contributed by atoms with Crippen molar-refractivity contribution >= 4 is 12.1 Å². The van der Waals surface area contributed by atoms with E-state index < -0.39 is 23.2 Å². The van der Waals surface area contributed by atoms with Gasteiger partial charge in [-0.25, -0.2) is 9.59 Å². The van der Waals surface area contributed by atoms with E-state index in [0.717, 1.165) is 0 Å². The fourth-order valence-corrected chi connectivity index (χ4v) is 2.14. The number of hydrogen-bond donors (Lipinski definition) is 0. The van der Waals surface area contributed by atoms with Crippen molar-refractivity contribution in [2.24, 2.45) is 0 Å². The molecule has 0 saturated heterocycles. The molecule has 0 aromatic rings. The van der Waals surface area contributed by atoms with Crippen LogP contribution in [0.3, 0.4) is 0 Å². The summed E-state index contributed by atoms with van der Waals surface area (Å²) in [6.45, 7) is 12.9. The number of carbonyl (C=O) groups excluding carboxylic acids is 2. The Kier molecular flexibility index (Phi) is 5.20. The van der Waals surface area contributed by atoms with Gasteiger partial charge in [-0.2, -0.15) is 0 Å². The smallest absolute Gasteiger partial charge is 0.411 e. The number of esters is 1. The molecule has 5 nitrogen and oxygen atoms in total. The van der Waals surface area contributed by atoms with Crippen LogP contribution in [0, 0.1) is 0 Å². The van der Waals surface area contributed by atoms with Crippen LogP contribution in [-0.4, -0.2) is 40.8 Å². The van der Waals surface area contributed by atoms with Gasteiger partial charge in [0.15, 0.2) is 5.54 Å². The van der Waals surface area contributed by atoms with Crippen LogP contribution in [-0.2, 0) is 14.3 Å². The lowest BCUT2D eigenvalue weighted by Crippen LogP contribution is -2.55. The van der Waals surface area contributed by atoms with Crippen LogP contribution in [0.25, 0.3) is 0 Å². The fourth-order valence-electron chi connectivity index (χ4n) is 2.14. The minimum absolute atomic E-state index is 0.256. The Hall–Kier alpha value is -1.78. The zero-order valence-corrected chi connectivity index (χ0v) is 13.5. The first kappa shape index (κ1) is 17.3. The van der Waals surface area contributed by atoms with E-state index >= 15 is 0 Å². The van der Waals surface area contributed by atoms with E-state index in [1.165, 1.54) is 4.90 Å². The van der Waals surface area contributed by atoms with Crippen LogP contribution in [0.4, 0.5) is 4.79 Å². The van der Waals surface area contributed by atoms with E-state index in [2.05, 4.69) is 6.58 Å². The molecule has 0 aromatic carbocycles. The molecule has 21 heavy (non-hydrogen) atoms. The van der Waals surface area contributed by atoms with Gasteiger partial charge in [0.2, 0.25) is 0 Å². The van der Waals surface area contributed by atoms with E-state index in [9.17, 15) is 9.59 Å². The molecule has 0 aromatic heterocycles. The van der Waals surface area contributed by atoms with Crippen molar-refractivity contribution in [3.05, 3.63) is 24.8 Å². The predicted molar refractivity (Wildman–Crippen MR) is 80.9 cm³/mol. The van der Waals surface area contributed by atoms with Crippen LogP contribution < -0.4 is 0 Å². The van der Waals surface area contributed by atoms with Gasteiger partial charge in [-0.1, -0.05) is 12.2 Å². The van der Waals surface area contributed by atoms with E-state index in [-0.39, 0.29) is 12.5 Å². The Bertz CT molecular complexity index is 448. The normalized spacial score (nSPS) is 21.5. The molecule has 1 heterocycles. The Labute approximate surface area is 126 Å². The quantitative estimate of drug-likeness (QED) is 0.591. The summed E-state index contributed by atoms with van der Waals surface area (Å²) in [6, 6.07) is 0. The zero-order chi connectivity index (χ0) is 16.3. The van der Waals surface area contributed by atoms with Crippen LogP contribution in [0.15, 0.2) is 24.8 Å². The first-order valence-electron chi connectivity index (χ1n) is 7.12. The summed E-state index contributed by atoms with van der Waals surface area (Å²) in [4.78, 5) is 26.2. The average Bonchev–Trinajstić information content (AvgIpc) is 2.71. The highest BCUT2D eigenvalue weighted by Gasteiger charge is 2.48. The van der Waals surface area contributed by atoms with Crippen molar-refractivity contribution < 1.29 is 19.1 Å². The molecule has 1 amide bonds. The van der Waals surface area contributed by atoms with Crippen molar-refractivity contribution in [2.75, 3.05) is 6.54 Å². The van der Waals surface area contributed by atoms with Crippen LogP contribution >= 0.6 is 0 Å². The minimum atomic E-state index is -1.16. The van der Waals surface area contributed by atoms with Gasteiger partial charge in [-0.05, 0) is 40.7 Å². The van der Waals surface area contributed by atoms with Gasteiger partial charge >= 0.3 is 12.1 Å². The van der Waals surface area contributed by atoms with Crippen molar-refractivity contribution in [3.8, 4) is 0 Å². The Morgan fingerprint density at radius 3 is 2.52 bits per heavy atom. The van der Waals surface area contributed by atoms with Gasteiger partial charge < -0.3 is 9.47 Å². The standard InChI is InChI=1S/C16H25NO4/c1-7-9-16(13(18)20-12(2)3)10-8-11-17(16)14(19)21-15(4,5)6/h7-8,10,12H,1,9,11H2,2-6H3. The molecule has 118 valence electrons. The molecule has 1 aliphatic heterocycles. The molecule has 1 rings (SSSR count). The third kappa shape index (κ3) is 4.09. The number of rotatable bonds is 4. The minimum Gasteiger partial charge on any atom is -0.461 e. The molecule has 1 aliphatic rings. The monoisotopic (exact) mass is 295 g/mol. The van der Waals surface area contributed by atoms with Gasteiger partial charge in [-0.15, -0.1) is 6.58 Å². The molecule has 1 atom stereocenters. The molecule has 0 aliphatic carbocycles. The second-order valence-corrected chi connectivity index (χ2v) is 6.36. The van der Waals surface area contributed by atoms with Crippen molar-refractivity contribution in [1.29, 1.82) is 0 Å². The summed E-state index contributed by atoms with van der Waals surface area (Å²) in [6.07, 6.45) is 4.57. The maximum Gasteiger partial charge on any atom is 0.411 e. The molecule has 0 N–H and O–H groups in total. The summed E-state index contributed by atoms with van der Waals surface area (Å²) >= 11 is 0. The Morgan fingerprint density at radius 2 is 2.05 bits per heavy atom. The number of carbonyl (C=O) groups is 2. The van der Waals surface area contributed by atoms with Gasteiger partial charge in [0.1, 0.15) is 5.60 Å². The lowest BCUT2D eigenvalue weighted by molar-refractivity contribution is -0.157. The van der Waals surface area contributed by atoms with Gasteiger partial charge in [0.05, 0.1) is 6.10 Å². The summed E-state index contributed by atoms with van der Waals surface area (Å²) in [7, 11) is 0. The molecule has 0 bridgehead atoms. The number of hydrogen-bond acceptors (Lipinski definition) is 4. The summed E-state index contributed by atoms with van der Waals surface area (Å²) < 4.78 is 10.7. The Morgan fingerprint density at radius 1 is 1.43 bits per heavy atom. The molecule has 0 fully saturated rings. The van der Waals surface area contributed by atoms with Crippen LogP contribution in [0.5, 0.6) is 0 Å². The molecule has 0 radical (unpaired) electrons. The van der Waals surface area contributed by atoms with Crippen LogP contribution in [0.1, 0.15) is 41.0 Å². The van der Waals surface area contributed by atoms with Gasteiger partial charge in [0.25, 0.3) is 0 Å². The number of amides is 1. The second kappa shape index (κ2) is 6.33. The van der Waals surface area contributed by atoms with Gasteiger partial charge in [0, 0.05) is 13.0 Å². The predicted octanol–water partition coefficient (Wildman–Crippen LogP) is 3.06. The SMILES string of the molecule is C=CCC1(C(=O)OC(C)C)C=CCN1C(=O)OC(C)(C)C. The van der Waals surface area contributed by atoms with Crippen molar-refractivity contribution in [2.45, 2.75) is 58.3 Å². The maximum absolute atomic E-state index is 12.5. The third-order valence-electron chi connectivity index (χ3n) is 2.93. The van der Waals surface area contributed by atoms with Crippen molar-refractivity contribution in [3.63, 3.8) is 0 Å². The molecule has 0 spiro atoms.